The van der Waals surface area contributed by atoms with Crippen LogP contribution in [0.1, 0.15) is 0 Å². The number of rotatable bonds is 0. The Morgan fingerprint density at radius 2 is 2.10 bits per heavy atom. The van der Waals surface area contributed by atoms with Crippen molar-refractivity contribution in [1.29, 1.82) is 0 Å². The van der Waals surface area contributed by atoms with E-state index in [1.807, 2.05) is 16.7 Å². The molecule has 0 atom stereocenters. The fraction of sp³-hybridized carbons (Fsp3) is 0. The summed E-state index contributed by atoms with van der Waals surface area (Å²) in [4.78, 5) is 8.03. The highest BCUT2D eigenvalue weighted by Crippen LogP contribution is 2.08. The molecule has 0 saturated carbocycles. The minimum absolute atomic E-state index is 0.717. The summed E-state index contributed by atoms with van der Waals surface area (Å²) in [7, 11) is 0. The lowest BCUT2D eigenvalue weighted by molar-refractivity contribution is 1.08. The van der Waals surface area contributed by atoms with Gasteiger partial charge in [-0.3, -0.25) is 4.40 Å². The SMILES string of the molecule is Brc1ccnc2nccn12. The molecule has 2 aromatic rings. The summed E-state index contributed by atoms with van der Waals surface area (Å²) in [5, 5.41) is 0. The zero-order valence-electron chi connectivity index (χ0n) is 5.03. The van der Waals surface area contributed by atoms with E-state index >= 15 is 0 Å². The molecule has 0 unspecified atom stereocenters. The van der Waals surface area contributed by atoms with Gasteiger partial charge in [0.25, 0.3) is 0 Å². The molecule has 0 fully saturated rings. The van der Waals surface area contributed by atoms with Gasteiger partial charge in [-0.1, -0.05) is 0 Å². The maximum atomic E-state index is 4.02. The van der Waals surface area contributed by atoms with Crippen molar-refractivity contribution in [2.75, 3.05) is 0 Å². The smallest absolute Gasteiger partial charge is 0.234 e. The van der Waals surface area contributed by atoms with Crippen LogP contribution >= 0.6 is 15.9 Å². The Morgan fingerprint density at radius 3 is 2.90 bits per heavy atom. The molecule has 0 saturated heterocycles. The standard InChI is InChI=1S/C6H4BrN3/c7-5-1-2-8-6-9-3-4-10(5)6/h1-4H. The quantitative estimate of drug-likeness (QED) is 0.600. The zero-order chi connectivity index (χ0) is 6.97. The highest BCUT2D eigenvalue weighted by molar-refractivity contribution is 9.10. The molecular weight excluding hydrogens is 194 g/mol. The van der Waals surface area contributed by atoms with E-state index in [1.165, 1.54) is 0 Å². The maximum Gasteiger partial charge on any atom is 0.234 e. The van der Waals surface area contributed by atoms with E-state index in [-0.39, 0.29) is 0 Å². The molecule has 50 valence electrons. The van der Waals surface area contributed by atoms with Gasteiger partial charge in [-0.15, -0.1) is 0 Å². The lowest BCUT2D eigenvalue weighted by Gasteiger charge is -1.92. The molecular formula is C6H4BrN3. The first kappa shape index (κ1) is 5.85. The summed E-state index contributed by atoms with van der Waals surface area (Å²) in [5.41, 5.74) is 0. The Hall–Kier alpha value is -0.900. The first-order chi connectivity index (χ1) is 4.88. The van der Waals surface area contributed by atoms with E-state index in [0.29, 0.717) is 0 Å². The van der Waals surface area contributed by atoms with Crippen molar-refractivity contribution in [3.8, 4) is 0 Å². The molecule has 0 aliphatic rings. The van der Waals surface area contributed by atoms with Crippen molar-refractivity contribution in [2.45, 2.75) is 0 Å². The molecule has 4 heteroatoms. The summed E-state index contributed by atoms with van der Waals surface area (Å²) >= 11 is 3.36. The van der Waals surface area contributed by atoms with Crippen LogP contribution in [0, 0.1) is 0 Å². The number of imidazole rings is 1. The van der Waals surface area contributed by atoms with Crippen LogP contribution in [0.5, 0.6) is 0 Å². The molecule has 0 aromatic carbocycles. The van der Waals surface area contributed by atoms with E-state index in [4.69, 9.17) is 0 Å². The molecule has 2 heterocycles. The summed E-state index contributed by atoms with van der Waals surface area (Å²) < 4.78 is 2.83. The molecule has 0 N–H and O–H groups in total. The van der Waals surface area contributed by atoms with Gasteiger partial charge in [0, 0.05) is 18.6 Å². The first-order valence-corrected chi connectivity index (χ1v) is 3.61. The van der Waals surface area contributed by atoms with Gasteiger partial charge in [-0.05, 0) is 22.0 Å². The van der Waals surface area contributed by atoms with Crippen LogP contribution in [0.3, 0.4) is 0 Å². The highest BCUT2D eigenvalue weighted by Gasteiger charge is 1.95. The predicted molar refractivity (Wildman–Crippen MR) is 40.7 cm³/mol. The number of aromatic nitrogens is 3. The molecule has 2 aromatic heterocycles. The summed E-state index contributed by atoms with van der Waals surface area (Å²) in [6.45, 7) is 0. The van der Waals surface area contributed by atoms with Gasteiger partial charge in [-0.2, -0.15) is 0 Å². The van der Waals surface area contributed by atoms with Gasteiger partial charge in [-0.25, -0.2) is 9.97 Å². The third kappa shape index (κ3) is 0.724. The Balaban J connectivity index is 2.95. The maximum absolute atomic E-state index is 4.02. The largest absolute Gasteiger partial charge is 0.278 e. The van der Waals surface area contributed by atoms with Crippen molar-refractivity contribution in [3.63, 3.8) is 0 Å². The fourth-order valence-electron chi connectivity index (χ4n) is 0.804. The van der Waals surface area contributed by atoms with E-state index in [9.17, 15) is 0 Å². The van der Waals surface area contributed by atoms with Crippen LogP contribution in [-0.2, 0) is 0 Å². The zero-order valence-corrected chi connectivity index (χ0v) is 6.62. The first-order valence-electron chi connectivity index (χ1n) is 2.81. The van der Waals surface area contributed by atoms with Gasteiger partial charge in [0.1, 0.15) is 0 Å². The Bertz CT molecular complexity index is 355. The van der Waals surface area contributed by atoms with Crippen molar-refractivity contribution in [1.82, 2.24) is 14.4 Å². The second kappa shape index (κ2) is 2.05. The topological polar surface area (TPSA) is 30.2 Å². The van der Waals surface area contributed by atoms with E-state index in [0.717, 1.165) is 10.4 Å². The molecule has 0 amide bonds. The number of nitrogens with zero attached hydrogens (tertiary/aromatic N) is 3. The Morgan fingerprint density at radius 1 is 1.30 bits per heavy atom. The van der Waals surface area contributed by atoms with Gasteiger partial charge in [0.05, 0.1) is 4.60 Å². The number of hydrogen-bond acceptors (Lipinski definition) is 2. The van der Waals surface area contributed by atoms with E-state index < -0.39 is 0 Å². The molecule has 3 nitrogen and oxygen atoms in total. The van der Waals surface area contributed by atoms with Crippen LogP contribution in [-0.4, -0.2) is 14.4 Å². The van der Waals surface area contributed by atoms with Gasteiger partial charge < -0.3 is 0 Å². The Kier molecular flexibility index (Phi) is 1.20. The Labute approximate surface area is 65.9 Å². The van der Waals surface area contributed by atoms with Crippen molar-refractivity contribution >= 4 is 21.7 Å². The summed E-state index contributed by atoms with van der Waals surface area (Å²) in [6.07, 6.45) is 5.28. The average Bonchev–Trinajstić information content (AvgIpc) is 2.36. The molecule has 0 bridgehead atoms. The fourth-order valence-corrected chi connectivity index (χ4v) is 1.20. The monoisotopic (exact) mass is 197 g/mol. The molecule has 0 spiro atoms. The van der Waals surface area contributed by atoms with Crippen LogP contribution in [0.4, 0.5) is 0 Å². The third-order valence-corrected chi connectivity index (χ3v) is 1.90. The van der Waals surface area contributed by atoms with Gasteiger partial charge >= 0.3 is 0 Å². The molecule has 0 aliphatic heterocycles. The highest BCUT2D eigenvalue weighted by atomic mass is 79.9. The molecule has 0 radical (unpaired) electrons. The second-order valence-corrected chi connectivity index (χ2v) is 2.68. The van der Waals surface area contributed by atoms with Crippen LogP contribution < -0.4 is 0 Å². The minimum atomic E-state index is 0.717. The number of fused-ring (bicyclic) bond motifs is 1. The van der Waals surface area contributed by atoms with Gasteiger partial charge in [0.2, 0.25) is 5.78 Å². The van der Waals surface area contributed by atoms with Crippen molar-refractivity contribution in [3.05, 3.63) is 29.3 Å². The molecule has 0 aliphatic carbocycles. The van der Waals surface area contributed by atoms with E-state index in [2.05, 4.69) is 25.9 Å². The summed E-state index contributed by atoms with van der Waals surface area (Å²) in [6, 6.07) is 1.87. The second-order valence-electron chi connectivity index (χ2n) is 1.86. The normalized spacial score (nSPS) is 10.5. The lowest BCUT2D eigenvalue weighted by Crippen LogP contribution is -1.87. The van der Waals surface area contributed by atoms with Crippen LogP contribution in [0.25, 0.3) is 5.78 Å². The average molecular weight is 198 g/mol. The number of hydrogen-bond donors (Lipinski definition) is 0. The van der Waals surface area contributed by atoms with Crippen LogP contribution in [0.15, 0.2) is 29.3 Å². The van der Waals surface area contributed by atoms with E-state index in [1.54, 1.807) is 12.4 Å². The number of halogens is 1. The molecule has 10 heavy (non-hydrogen) atoms. The third-order valence-electron chi connectivity index (χ3n) is 1.25. The van der Waals surface area contributed by atoms with Crippen molar-refractivity contribution < 1.29 is 0 Å². The summed E-state index contributed by atoms with van der Waals surface area (Å²) in [5.74, 6) is 0.717. The van der Waals surface area contributed by atoms with Crippen molar-refractivity contribution in [2.24, 2.45) is 0 Å². The van der Waals surface area contributed by atoms with Crippen LogP contribution in [0.2, 0.25) is 0 Å². The predicted octanol–water partition coefficient (Wildman–Crippen LogP) is 1.49. The minimum Gasteiger partial charge on any atom is -0.278 e. The van der Waals surface area contributed by atoms with Gasteiger partial charge in [0.15, 0.2) is 0 Å². The molecule has 2 rings (SSSR count). The lowest BCUT2D eigenvalue weighted by atomic mass is 10.7.